The highest BCUT2D eigenvalue weighted by molar-refractivity contribution is 6.03. The lowest BCUT2D eigenvalue weighted by Gasteiger charge is -2.34. The van der Waals surface area contributed by atoms with Gasteiger partial charge in [0.2, 0.25) is 0 Å². The smallest absolute Gasteiger partial charge is 0.339 e. The normalized spacial score (nSPS) is 19.9. The van der Waals surface area contributed by atoms with E-state index in [1.165, 1.54) is 0 Å². The third-order valence-corrected chi connectivity index (χ3v) is 5.44. The van der Waals surface area contributed by atoms with Gasteiger partial charge in [0.05, 0.1) is 17.1 Å². The second kappa shape index (κ2) is 8.51. The van der Waals surface area contributed by atoms with Gasteiger partial charge in [-0.1, -0.05) is 27.7 Å². The van der Waals surface area contributed by atoms with E-state index in [2.05, 4.69) is 18.9 Å². The van der Waals surface area contributed by atoms with Gasteiger partial charge in [-0.25, -0.2) is 14.5 Å². The first kappa shape index (κ1) is 21.3. The number of fused-ring (bicyclic) bond motifs is 1. The first-order chi connectivity index (χ1) is 13.7. The Labute approximate surface area is 172 Å². The Hall–Kier alpha value is -2.44. The molecule has 1 fully saturated rings. The Balaban J connectivity index is 1.80. The van der Waals surface area contributed by atoms with Crippen molar-refractivity contribution < 1.29 is 14.3 Å². The molecule has 2 aromatic rings. The first-order valence-electron chi connectivity index (χ1n) is 10.5. The van der Waals surface area contributed by atoms with Crippen LogP contribution in [0.3, 0.4) is 0 Å². The zero-order valence-electron chi connectivity index (χ0n) is 18.3. The Morgan fingerprint density at radius 3 is 2.41 bits per heavy atom. The van der Waals surface area contributed by atoms with Crippen molar-refractivity contribution in [2.75, 3.05) is 19.7 Å². The summed E-state index contributed by atoms with van der Waals surface area (Å²) < 4.78 is 7.24. The second-order valence-corrected chi connectivity index (χ2v) is 8.99. The summed E-state index contributed by atoms with van der Waals surface area (Å²) in [5.74, 6) is 0.444. The summed E-state index contributed by atoms with van der Waals surface area (Å²) in [6.45, 7) is 13.6. The van der Waals surface area contributed by atoms with Crippen molar-refractivity contribution in [3.8, 4) is 0 Å². The number of pyridine rings is 1. The SMILES string of the molecule is CC(C)c1cc(C(=O)OCC(=O)N2C[C@H](C)C[C@@H](C)C2)c2cnn(C(C)C)c2n1. The van der Waals surface area contributed by atoms with Crippen LogP contribution in [0, 0.1) is 11.8 Å². The molecule has 7 nitrogen and oxygen atoms in total. The molecule has 1 aliphatic rings. The van der Waals surface area contributed by atoms with Crippen molar-refractivity contribution in [2.45, 2.75) is 59.9 Å². The van der Waals surface area contributed by atoms with Crippen LogP contribution < -0.4 is 0 Å². The van der Waals surface area contributed by atoms with E-state index >= 15 is 0 Å². The molecule has 3 rings (SSSR count). The molecule has 1 aliphatic heterocycles. The predicted octanol–water partition coefficient (Wildman–Crippen LogP) is 3.80. The van der Waals surface area contributed by atoms with E-state index in [1.54, 1.807) is 16.9 Å². The lowest BCUT2D eigenvalue weighted by molar-refractivity contribution is -0.137. The van der Waals surface area contributed by atoms with Gasteiger partial charge < -0.3 is 9.64 Å². The molecule has 2 aromatic heterocycles. The van der Waals surface area contributed by atoms with Gasteiger partial charge in [-0.05, 0) is 44.1 Å². The van der Waals surface area contributed by atoms with Crippen LogP contribution >= 0.6 is 0 Å². The lowest BCUT2D eigenvalue weighted by atomic mass is 9.92. The third-order valence-electron chi connectivity index (χ3n) is 5.44. The number of hydrogen-bond donors (Lipinski definition) is 0. The summed E-state index contributed by atoms with van der Waals surface area (Å²) in [5, 5.41) is 5.05. The van der Waals surface area contributed by atoms with Gasteiger partial charge in [-0.3, -0.25) is 4.79 Å². The number of rotatable bonds is 5. The highest BCUT2D eigenvalue weighted by Crippen LogP contribution is 2.25. The van der Waals surface area contributed by atoms with Gasteiger partial charge in [0.15, 0.2) is 12.3 Å². The largest absolute Gasteiger partial charge is 0.452 e. The number of likely N-dealkylation sites (tertiary alicyclic amines) is 1. The monoisotopic (exact) mass is 400 g/mol. The number of esters is 1. The first-order valence-corrected chi connectivity index (χ1v) is 10.5. The molecule has 3 heterocycles. The van der Waals surface area contributed by atoms with E-state index < -0.39 is 5.97 Å². The summed E-state index contributed by atoms with van der Waals surface area (Å²) in [6.07, 6.45) is 2.77. The van der Waals surface area contributed by atoms with Crippen LogP contribution in [0.25, 0.3) is 11.0 Å². The van der Waals surface area contributed by atoms with Gasteiger partial charge in [-0.2, -0.15) is 5.10 Å². The van der Waals surface area contributed by atoms with Crippen molar-refractivity contribution in [3.63, 3.8) is 0 Å². The minimum absolute atomic E-state index is 0.121. The van der Waals surface area contributed by atoms with E-state index in [9.17, 15) is 9.59 Å². The summed E-state index contributed by atoms with van der Waals surface area (Å²) >= 11 is 0. The maximum atomic E-state index is 12.9. The molecule has 158 valence electrons. The van der Waals surface area contributed by atoms with Crippen molar-refractivity contribution in [2.24, 2.45) is 11.8 Å². The fraction of sp³-hybridized carbons (Fsp3) is 0.636. The van der Waals surface area contributed by atoms with Crippen LogP contribution in [0.15, 0.2) is 12.3 Å². The molecule has 0 spiro atoms. The molecular weight excluding hydrogens is 368 g/mol. The number of aromatic nitrogens is 3. The van der Waals surface area contributed by atoms with Gasteiger partial charge in [0.1, 0.15) is 0 Å². The van der Waals surface area contributed by atoms with E-state index in [0.29, 0.717) is 28.4 Å². The lowest BCUT2D eigenvalue weighted by Crippen LogP contribution is -2.44. The Morgan fingerprint density at radius 2 is 1.83 bits per heavy atom. The number of nitrogens with zero attached hydrogens (tertiary/aromatic N) is 4. The molecule has 29 heavy (non-hydrogen) atoms. The molecular formula is C22H32N4O3. The number of ether oxygens (including phenoxy) is 1. The van der Waals surface area contributed by atoms with Crippen LogP contribution in [-0.2, 0) is 9.53 Å². The minimum atomic E-state index is -0.505. The Morgan fingerprint density at radius 1 is 1.17 bits per heavy atom. The minimum Gasteiger partial charge on any atom is -0.452 e. The van der Waals surface area contributed by atoms with Crippen LogP contribution in [0.4, 0.5) is 0 Å². The maximum Gasteiger partial charge on any atom is 0.339 e. The van der Waals surface area contributed by atoms with Gasteiger partial charge in [-0.15, -0.1) is 0 Å². The van der Waals surface area contributed by atoms with E-state index in [0.717, 1.165) is 25.2 Å². The average molecular weight is 401 g/mol. The molecule has 1 amide bonds. The summed E-state index contributed by atoms with van der Waals surface area (Å²) in [7, 11) is 0. The molecule has 0 saturated carbocycles. The molecule has 2 atom stereocenters. The Bertz CT molecular complexity index is 893. The highest BCUT2D eigenvalue weighted by Gasteiger charge is 2.27. The molecule has 0 bridgehead atoms. The highest BCUT2D eigenvalue weighted by atomic mass is 16.5. The molecule has 1 saturated heterocycles. The van der Waals surface area contributed by atoms with E-state index in [-0.39, 0.29) is 24.5 Å². The summed E-state index contributed by atoms with van der Waals surface area (Å²) in [4.78, 5) is 32.0. The molecule has 0 N–H and O–H groups in total. The molecule has 0 aliphatic carbocycles. The number of hydrogen-bond acceptors (Lipinski definition) is 5. The predicted molar refractivity (Wildman–Crippen MR) is 112 cm³/mol. The molecule has 0 aromatic carbocycles. The second-order valence-electron chi connectivity index (χ2n) is 8.99. The molecule has 7 heteroatoms. The number of carbonyl (C=O) groups is 2. The van der Waals surface area contributed by atoms with Gasteiger partial charge in [0.25, 0.3) is 5.91 Å². The fourth-order valence-electron chi connectivity index (χ4n) is 4.04. The third kappa shape index (κ3) is 4.60. The average Bonchev–Trinajstić information content (AvgIpc) is 3.08. The van der Waals surface area contributed by atoms with Crippen molar-refractivity contribution >= 4 is 22.9 Å². The van der Waals surface area contributed by atoms with Crippen LogP contribution in [-0.4, -0.2) is 51.2 Å². The van der Waals surface area contributed by atoms with Crippen LogP contribution in [0.2, 0.25) is 0 Å². The van der Waals surface area contributed by atoms with E-state index in [1.807, 2.05) is 32.6 Å². The number of piperidine rings is 1. The summed E-state index contributed by atoms with van der Waals surface area (Å²) in [5.41, 5.74) is 1.89. The van der Waals surface area contributed by atoms with Crippen molar-refractivity contribution in [1.82, 2.24) is 19.7 Å². The molecule has 0 unspecified atom stereocenters. The topological polar surface area (TPSA) is 77.3 Å². The maximum absolute atomic E-state index is 12.9. The van der Waals surface area contributed by atoms with Gasteiger partial charge in [0, 0.05) is 24.8 Å². The van der Waals surface area contributed by atoms with Crippen molar-refractivity contribution in [1.29, 1.82) is 0 Å². The molecule has 0 radical (unpaired) electrons. The van der Waals surface area contributed by atoms with E-state index in [4.69, 9.17) is 9.72 Å². The zero-order valence-corrected chi connectivity index (χ0v) is 18.3. The standard InChI is InChI=1S/C22H32N4O3/c1-13(2)19-8-17(18-9-23-26(14(3)4)21(18)24-19)22(28)29-12-20(27)25-10-15(5)7-16(6)11-25/h8-9,13-16H,7,10-12H2,1-6H3/t15-,16-/m1/s1. The van der Waals surface area contributed by atoms with Crippen LogP contribution in [0.1, 0.15) is 76.0 Å². The number of carbonyl (C=O) groups excluding carboxylic acids is 2. The zero-order chi connectivity index (χ0) is 21.3. The fourth-order valence-corrected chi connectivity index (χ4v) is 4.04. The summed E-state index contributed by atoms with van der Waals surface area (Å²) in [6, 6.07) is 1.88. The van der Waals surface area contributed by atoms with Gasteiger partial charge >= 0.3 is 5.97 Å². The quantitative estimate of drug-likeness (QED) is 0.714. The van der Waals surface area contributed by atoms with Crippen molar-refractivity contribution in [3.05, 3.63) is 23.5 Å². The van der Waals surface area contributed by atoms with Crippen LogP contribution in [0.5, 0.6) is 0 Å². The Kier molecular flexibility index (Phi) is 6.24. The number of amides is 1.